The maximum Gasteiger partial charge on any atom is 0.127 e. The Morgan fingerprint density at radius 1 is 1.00 bits per heavy atom. The first-order valence-electron chi connectivity index (χ1n) is 8.08. The smallest absolute Gasteiger partial charge is 0.127 e. The molecule has 2 aromatic rings. The molecular formula is C20H20O3. The maximum absolute atomic E-state index is 9.85. The van der Waals surface area contributed by atoms with Crippen molar-refractivity contribution in [2.45, 2.75) is 31.8 Å². The fourth-order valence-corrected chi connectivity index (χ4v) is 3.99. The summed E-state index contributed by atoms with van der Waals surface area (Å²) in [5.41, 5.74) is 3.65. The van der Waals surface area contributed by atoms with Gasteiger partial charge < -0.3 is 14.9 Å². The number of phenols is 2. The third kappa shape index (κ3) is 2.37. The van der Waals surface area contributed by atoms with E-state index < -0.39 is 0 Å². The van der Waals surface area contributed by atoms with Gasteiger partial charge in [-0.25, -0.2) is 0 Å². The minimum Gasteiger partial charge on any atom is -0.508 e. The second-order valence-corrected chi connectivity index (χ2v) is 6.48. The molecular weight excluding hydrogens is 288 g/mol. The summed E-state index contributed by atoms with van der Waals surface area (Å²) in [7, 11) is 0. The number of allylic oxidation sites excluding steroid dienone is 2. The van der Waals surface area contributed by atoms with Crippen molar-refractivity contribution in [2.75, 3.05) is 0 Å². The normalized spacial score (nSPS) is 27.3. The lowest BCUT2D eigenvalue weighted by Crippen LogP contribution is -2.26. The van der Waals surface area contributed by atoms with Crippen molar-refractivity contribution in [3.05, 3.63) is 65.2 Å². The first-order chi connectivity index (χ1) is 11.2. The molecule has 4 rings (SSSR count). The van der Waals surface area contributed by atoms with Crippen molar-refractivity contribution in [3.8, 4) is 17.2 Å². The van der Waals surface area contributed by atoms with E-state index in [0.717, 1.165) is 29.7 Å². The Balaban J connectivity index is 1.79. The predicted molar refractivity (Wildman–Crippen MR) is 88.8 cm³/mol. The quantitative estimate of drug-likeness (QED) is 0.753. The summed E-state index contributed by atoms with van der Waals surface area (Å²) in [5, 5.41) is 19.4. The number of ether oxygens (including phenoxy) is 1. The molecule has 0 aromatic heterocycles. The molecule has 2 N–H and O–H groups in total. The van der Waals surface area contributed by atoms with Crippen LogP contribution in [0.4, 0.5) is 0 Å². The van der Waals surface area contributed by atoms with Gasteiger partial charge in [0.15, 0.2) is 0 Å². The number of fused-ring (bicyclic) bond motifs is 3. The van der Waals surface area contributed by atoms with Crippen molar-refractivity contribution in [1.82, 2.24) is 0 Å². The van der Waals surface area contributed by atoms with E-state index in [0.29, 0.717) is 17.6 Å². The number of phenolic OH excluding ortho intramolecular Hbond substituents is 2. The summed E-state index contributed by atoms with van der Waals surface area (Å²) in [4.78, 5) is 0. The van der Waals surface area contributed by atoms with E-state index in [1.54, 1.807) is 18.2 Å². The average molecular weight is 308 g/mol. The molecule has 1 aliphatic carbocycles. The van der Waals surface area contributed by atoms with Crippen LogP contribution in [0.1, 0.15) is 42.9 Å². The SMILES string of the molecule is C/C=C1\C[C@H]2[C@@H](C1)c1cc(O)ccc1O[C@H]2c1ccc(O)cc1. The molecule has 0 radical (unpaired) electrons. The molecule has 0 bridgehead atoms. The Bertz CT molecular complexity index is 761. The topological polar surface area (TPSA) is 49.7 Å². The highest BCUT2D eigenvalue weighted by molar-refractivity contribution is 5.47. The van der Waals surface area contributed by atoms with Gasteiger partial charge in [0.1, 0.15) is 23.4 Å². The maximum atomic E-state index is 9.85. The molecule has 3 heteroatoms. The highest BCUT2D eigenvalue weighted by atomic mass is 16.5. The Labute approximate surface area is 135 Å². The molecule has 118 valence electrons. The van der Waals surface area contributed by atoms with Crippen LogP contribution in [0.5, 0.6) is 17.2 Å². The van der Waals surface area contributed by atoms with Gasteiger partial charge in [0, 0.05) is 11.5 Å². The van der Waals surface area contributed by atoms with Crippen molar-refractivity contribution in [2.24, 2.45) is 5.92 Å². The summed E-state index contributed by atoms with van der Waals surface area (Å²) in [6, 6.07) is 12.7. The Kier molecular flexibility index (Phi) is 3.29. The van der Waals surface area contributed by atoms with Gasteiger partial charge in [-0.15, -0.1) is 0 Å². The zero-order valence-corrected chi connectivity index (χ0v) is 13.1. The fraction of sp³-hybridized carbons (Fsp3) is 0.300. The van der Waals surface area contributed by atoms with Crippen LogP contribution in [0.3, 0.4) is 0 Å². The zero-order valence-electron chi connectivity index (χ0n) is 13.1. The minimum atomic E-state index is -0.0184. The molecule has 1 fully saturated rings. The van der Waals surface area contributed by atoms with E-state index in [9.17, 15) is 10.2 Å². The molecule has 23 heavy (non-hydrogen) atoms. The molecule has 1 saturated carbocycles. The molecule has 0 spiro atoms. The van der Waals surface area contributed by atoms with Gasteiger partial charge in [-0.3, -0.25) is 0 Å². The summed E-state index contributed by atoms with van der Waals surface area (Å²) >= 11 is 0. The van der Waals surface area contributed by atoms with Gasteiger partial charge >= 0.3 is 0 Å². The number of rotatable bonds is 1. The van der Waals surface area contributed by atoms with Crippen LogP contribution in [-0.2, 0) is 0 Å². The number of hydrogen-bond donors (Lipinski definition) is 2. The van der Waals surface area contributed by atoms with Gasteiger partial charge in [0.2, 0.25) is 0 Å². The first kappa shape index (κ1) is 14.2. The van der Waals surface area contributed by atoms with Crippen molar-refractivity contribution >= 4 is 0 Å². The Hall–Kier alpha value is -2.42. The van der Waals surface area contributed by atoms with E-state index in [1.165, 1.54) is 5.57 Å². The summed E-state index contributed by atoms with van der Waals surface area (Å²) in [5.74, 6) is 2.16. The van der Waals surface area contributed by atoms with E-state index in [1.807, 2.05) is 24.3 Å². The van der Waals surface area contributed by atoms with Crippen LogP contribution in [-0.4, -0.2) is 10.2 Å². The molecule has 0 saturated heterocycles. The van der Waals surface area contributed by atoms with E-state index in [4.69, 9.17) is 4.74 Å². The average Bonchev–Trinajstić information content (AvgIpc) is 3.00. The minimum absolute atomic E-state index is 0.0184. The summed E-state index contributed by atoms with van der Waals surface area (Å²) in [6.07, 6.45) is 4.22. The highest BCUT2D eigenvalue weighted by Gasteiger charge is 2.43. The van der Waals surface area contributed by atoms with Crippen molar-refractivity contribution in [1.29, 1.82) is 0 Å². The van der Waals surface area contributed by atoms with Crippen LogP contribution in [0.25, 0.3) is 0 Å². The molecule has 2 aliphatic rings. The third-order valence-corrected chi connectivity index (χ3v) is 5.16. The van der Waals surface area contributed by atoms with Gasteiger partial charge in [-0.2, -0.15) is 0 Å². The molecule has 0 amide bonds. The van der Waals surface area contributed by atoms with E-state index >= 15 is 0 Å². The summed E-state index contributed by atoms with van der Waals surface area (Å²) < 4.78 is 6.30. The fourth-order valence-electron chi connectivity index (χ4n) is 3.99. The first-order valence-corrected chi connectivity index (χ1v) is 8.08. The predicted octanol–water partition coefficient (Wildman–Crippen LogP) is 4.67. The van der Waals surface area contributed by atoms with E-state index in [2.05, 4.69) is 13.0 Å². The lowest BCUT2D eigenvalue weighted by Gasteiger charge is -2.36. The Morgan fingerprint density at radius 2 is 1.74 bits per heavy atom. The number of benzene rings is 2. The molecule has 1 aliphatic heterocycles. The standard InChI is InChI=1S/C20H20O3/c1-2-12-9-16-17-11-15(22)7-8-19(17)23-20(18(16)10-12)13-3-5-14(21)6-4-13/h2-8,11,16,18,20-22H,9-10H2,1H3/b12-2-/t16-,18-,20-/m0/s1. The van der Waals surface area contributed by atoms with Crippen LogP contribution in [0, 0.1) is 5.92 Å². The molecule has 1 heterocycles. The molecule has 3 nitrogen and oxygen atoms in total. The third-order valence-electron chi connectivity index (χ3n) is 5.16. The van der Waals surface area contributed by atoms with Crippen LogP contribution in [0.15, 0.2) is 54.1 Å². The van der Waals surface area contributed by atoms with Crippen molar-refractivity contribution < 1.29 is 14.9 Å². The lowest BCUT2D eigenvalue weighted by molar-refractivity contribution is 0.105. The van der Waals surface area contributed by atoms with Gasteiger partial charge in [-0.05, 0) is 61.6 Å². The largest absolute Gasteiger partial charge is 0.508 e. The zero-order chi connectivity index (χ0) is 16.0. The Morgan fingerprint density at radius 3 is 2.48 bits per heavy atom. The molecule has 3 atom stereocenters. The van der Waals surface area contributed by atoms with Gasteiger partial charge in [0.25, 0.3) is 0 Å². The van der Waals surface area contributed by atoms with Gasteiger partial charge in [-0.1, -0.05) is 23.8 Å². The van der Waals surface area contributed by atoms with Crippen LogP contribution < -0.4 is 4.74 Å². The lowest BCUT2D eigenvalue weighted by atomic mass is 9.80. The number of hydrogen-bond acceptors (Lipinski definition) is 3. The molecule has 0 unspecified atom stereocenters. The van der Waals surface area contributed by atoms with Crippen molar-refractivity contribution in [3.63, 3.8) is 0 Å². The second kappa shape index (κ2) is 5.34. The van der Waals surface area contributed by atoms with Gasteiger partial charge in [0.05, 0.1) is 0 Å². The highest BCUT2D eigenvalue weighted by Crippen LogP contribution is 2.55. The summed E-state index contributed by atoms with van der Waals surface area (Å²) in [6.45, 7) is 2.09. The second-order valence-electron chi connectivity index (χ2n) is 6.48. The van der Waals surface area contributed by atoms with E-state index in [-0.39, 0.29) is 11.9 Å². The monoisotopic (exact) mass is 308 g/mol. The molecule has 2 aromatic carbocycles. The number of aromatic hydroxyl groups is 2. The van der Waals surface area contributed by atoms with Crippen LogP contribution >= 0.6 is 0 Å². The van der Waals surface area contributed by atoms with Crippen LogP contribution in [0.2, 0.25) is 0 Å².